The average molecular weight is 273 g/mol. The Kier molecular flexibility index (Phi) is 3.55. The van der Waals surface area contributed by atoms with Gasteiger partial charge in [0.1, 0.15) is 0 Å². The third-order valence-electron chi connectivity index (χ3n) is 4.84. The summed E-state index contributed by atoms with van der Waals surface area (Å²) in [4.78, 5) is 14.7. The van der Waals surface area contributed by atoms with Crippen LogP contribution in [0.25, 0.3) is 0 Å². The maximum Gasteiger partial charge on any atom is 0.227 e. The Labute approximate surface area is 120 Å². The molecule has 2 heterocycles. The fraction of sp³-hybridized carbons (Fsp3) is 0.588. The molecule has 2 atom stereocenters. The third kappa shape index (κ3) is 2.47. The van der Waals surface area contributed by atoms with Crippen molar-refractivity contribution in [3.8, 4) is 0 Å². The number of hydrogen-bond acceptors (Lipinski definition) is 2. The highest BCUT2D eigenvalue weighted by molar-refractivity contribution is 5.80. The SMILES string of the molecule is Cc1ccc(C)c(CC(=O)N2C3CCC2CC(O)C3)c1. The van der Waals surface area contributed by atoms with Crippen molar-refractivity contribution in [3.05, 3.63) is 34.9 Å². The molecule has 1 aromatic carbocycles. The van der Waals surface area contributed by atoms with E-state index in [2.05, 4.69) is 36.9 Å². The highest BCUT2D eigenvalue weighted by atomic mass is 16.3. The lowest BCUT2D eigenvalue weighted by Gasteiger charge is -2.37. The minimum absolute atomic E-state index is 0.211. The van der Waals surface area contributed by atoms with Crippen LogP contribution in [0.5, 0.6) is 0 Å². The number of piperidine rings is 1. The Morgan fingerprint density at radius 3 is 2.55 bits per heavy atom. The Hall–Kier alpha value is -1.35. The first-order valence-corrected chi connectivity index (χ1v) is 7.60. The van der Waals surface area contributed by atoms with E-state index in [-0.39, 0.29) is 24.1 Å². The van der Waals surface area contributed by atoms with E-state index < -0.39 is 0 Å². The van der Waals surface area contributed by atoms with E-state index in [1.165, 1.54) is 11.1 Å². The molecule has 3 rings (SSSR count). The number of amides is 1. The van der Waals surface area contributed by atoms with Gasteiger partial charge in [-0.05, 0) is 50.7 Å². The van der Waals surface area contributed by atoms with Gasteiger partial charge in [0.15, 0.2) is 0 Å². The summed E-state index contributed by atoms with van der Waals surface area (Å²) in [6, 6.07) is 6.83. The number of rotatable bonds is 2. The molecular weight excluding hydrogens is 250 g/mol. The molecular formula is C17H23NO2. The van der Waals surface area contributed by atoms with Crippen LogP contribution in [0, 0.1) is 13.8 Å². The molecule has 0 aromatic heterocycles. The molecule has 0 radical (unpaired) electrons. The van der Waals surface area contributed by atoms with Crippen LogP contribution in [-0.4, -0.2) is 34.1 Å². The normalized spacial score (nSPS) is 28.8. The van der Waals surface area contributed by atoms with Crippen LogP contribution in [0.3, 0.4) is 0 Å². The second kappa shape index (κ2) is 5.21. The molecule has 2 saturated heterocycles. The number of benzene rings is 1. The van der Waals surface area contributed by atoms with Crippen LogP contribution in [0.4, 0.5) is 0 Å². The fourth-order valence-corrected chi connectivity index (χ4v) is 3.80. The highest BCUT2D eigenvalue weighted by Gasteiger charge is 2.42. The molecule has 0 saturated carbocycles. The van der Waals surface area contributed by atoms with Crippen LogP contribution in [0.1, 0.15) is 42.4 Å². The largest absolute Gasteiger partial charge is 0.393 e. The zero-order valence-corrected chi connectivity index (χ0v) is 12.3. The molecule has 2 unspecified atom stereocenters. The second-order valence-corrected chi connectivity index (χ2v) is 6.42. The van der Waals surface area contributed by atoms with Crippen LogP contribution >= 0.6 is 0 Å². The van der Waals surface area contributed by atoms with Crippen molar-refractivity contribution in [2.75, 3.05) is 0 Å². The maximum atomic E-state index is 12.6. The van der Waals surface area contributed by atoms with Crippen molar-refractivity contribution >= 4 is 5.91 Å². The van der Waals surface area contributed by atoms with E-state index in [0.29, 0.717) is 6.42 Å². The number of hydrogen-bond donors (Lipinski definition) is 1. The molecule has 108 valence electrons. The molecule has 2 bridgehead atoms. The first-order chi connectivity index (χ1) is 9.54. The molecule has 3 heteroatoms. The van der Waals surface area contributed by atoms with Crippen LogP contribution in [0.2, 0.25) is 0 Å². The fourth-order valence-electron chi connectivity index (χ4n) is 3.80. The number of carbonyl (C=O) groups is 1. The zero-order valence-electron chi connectivity index (χ0n) is 12.3. The lowest BCUT2D eigenvalue weighted by molar-refractivity contribution is -0.136. The summed E-state index contributed by atoms with van der Waals surface area (Å²) in [5.74, 6) is 0.234. The van der Waals surface area contributed by atoms with Crippen LogP contribution in [-0.2, 0) is 11.2 Å². The minimum Gasteiger partial charge on any atom is -0.393 e. The lowest BCUT2D eigenvalue weighted by atomic mass is 9.97. The van der Waals surface area contributed by atoms with Gasteiger partial charge >= 0.3 is 0 Å². The second-order valence-electron chi connectivity index (χ2n) is 6.42. The van der Waals surface area contributed by atoms with E-state index in [4.69, 9.17) is 0 Å². The van der Waals surface area contributed by atoms with Gasteiger partial charge in [0.25, 0.3) is 0 Å². The average Bonchev–Trinajstić information content (AvgIpc) is 2.66. The standard InChI is InChI=1S/C17H23NO2/c1-11-3-4-12(2)13(7-11)8-17(20)18-14-5-6-15(18)10-16(19)9-14/h3-4,7,14-16,19H,5-6,8-10H2,1-2H3. The number of aliphatic hydroxyl groups is 1. The topological polar surface area (TPSA) is 40.5 Å². The minimum atomic E-state index is -0.211. The van der Waals surface area contributed by atoms with E-state index in [9.17, 15) is 9.90 Å². The van der Waals surface area contributed by atoms with Gasteiger partial charge in [0.2, 0.25) is 5.91 Å². The molecule has 2 aliphatic heterocycles. The summed E-state index contributed by atoms with van der Waals surface area (Å²) in [5.41, 5.74) is 3.53. The maximum absolute atomic E-state index is 12.6. The number of aryl methyl sites for hydroxylation is 2. The molecule has 20 heavy (non-hydrogen) atoms. The first-order valence-electron chi connectivity index (χ1n) is 7.60. The molecule has 3 nitrogen and oxygen atoms in total. The van der Waals surface area contributed by atoms with Crippen LogP contribution in [0.15, 0.2) is 18.2 Å². The summed E-state index contributed by atoms with van der Waals surface area (Å²) in [7, 11) is 0. The van der Waals surface area contributed by atoms with Gasteiger partial charge in [-0.2, -0.15) is 0 Å². The number of carbonyl (C=O) groups excluding carboxylic acids is 1. The zero-order chi connectivity index (χ0) is 14.3. The van der Waals surface area contributed by atoms with Gasteiger partial charge < -0.3 is 10.0 Å². The van der Waals surface area contributed by atoms with Crippen molar-refractivity contribution in [2.45, 2.75) is 64.1 Å². The predicted octanol–water partition coefficient (Wildman–Crippen LogP) is 2.36. The Morgan fingerprint density at radius 2 is 1.90 bits per heavy atom. The van der Waals surface area contributed by atoms with E-state index in [1.807, 2.05) is 0 Å². The number of nitrogens with zero attached hydrogens (tertiary/aromatic N) is 1. The Morgan fingerprint density at radius 1 is 1.25 bits per heavy atom. The van der Waals surface area contributed by atoms with E-state index in [1.54, 1.807) is 0 Å². The monoisotopic (exact) mass is 273 g/mol. The predicted molar refractivity (Wildman–Crippen MR) is 78.5 cm³/mol. The summed E-state index contributed by atoms with van der Waals surface area (Å²) < 4.78 is 0. The highest BCUT2D eigenvalue weighted by Crippen LogP contribution is 2.36. The van der Waals surface area contributed by atoms with Gasteiger partial charge in [0, 0.05) is 12.1 Å². The van der Waals surface area contributed by atoms with Gasteiger partial charge in [-0.15, -0.1) is 0 Å². The summed E-state index contributed by atoms with van der Waals surface area (Å²) in [6.45, 7) is 4.13. The van der Waals surface area contributed by atoms with Gasteiger partial charge in [0.05, 0.1) is 12.5 Å². The lowest BCUT2D eigenvalue weighted by Crippen LogP contribution is -2.48. The molecule has 0 aliphatic carbocycles. The molecule has 2 fully saturated rings. The van der Waals surface area contributed by atoms with Gasteiger partial charge in [-0.25, -0.2) is 0 Å². The van der Waals surface area contributed by atoms with E-state index in [0.717, 1.165) is 31.2 Å². The van der Waals surface area contributed by atoms with Crippen LogP contribution < -0.4 is 0 Å². The third-order valence-corrected chi connectivity index (χ3v) is 4.84. The molecule has 1 aromatic rings. The summed E-state index contributed by atoms with van der Waals surface area (Å²) in [5, 5.41) is 9.82. The van der Waals surface area contributed by atoms with Crippen molar-refractivity contribution in [1.82, 2.24) is 4.90 Å². The van der Waals surface area contributed by atoms with Crippen molar-refractivity contribution < 1.29 is 9.90 Å². The van der Waals surface area contributed by atoms with Crippen molar-refractivity contribution in [2.24, 2.45) is 0 Å². The van der Waals surface area contributed by atoms with E-state index >= 15 is 0 Å². The quantitative estimate of drug-likeness (QED) is 0.898. The van der Waals surface area contributed by atoms with Crippen molar-refractivity contribution in [3.63, 3.8) is 0 Å². The summed E-state index contributed by atoms with van der Waals surface area (Å²) >= 11 is 0. The van der Waals surface area contributed by atoms with Gasteiger partial charge in [-0.3, -0.25) is 4.79 Å². The summed E-state index contributed by atoms with van der Waals surface area (Å²) in [6.07, 6.45) is 3.92. The molecule has 0 spiro atoms. The number of fused-ring (bicyclic) bond motifs is 2. The Balaban J connectivity index is 1.75. The number of aliphatic hydroxyl groups excluding tert-OH is 1. The molecule has 1 amide bonds. The first kappa shape index (κ1) is 13.6. The Bertz CT molecular complexity index is 512. The smallest absolute Gasteiger partial charge is 0.227 e. The molecule has 1 N–H and O–H groups in total. The van der Waals surface area contributed by atoms with Crippen molar-refractivity contribution in [1.29, 1.82) is 0 Å². The van der Waals surface area contributed by atoms with Gasteiger partial charge in [-0.1, -0.05) is 23.8 Å². The molecule has 2 aliphatic rings.